The molecule has 9 heterocycles. The summed E-state index contributed by atoms with van der Waals surface area (Å²) in [5.74, 6) is 0. The standard InChI is InChI=1S/C54H32N4.C46H31N.C44H31N/c1-4-16-33(17-5-1)55-45-25-13-10-22-36(45)39-28-41-43-30-42-38-24-12-15-27-47(38)57(35-20-8-3-9-21-35)53(42)52-44-29-40-37-23-11-14-26-46(37)56(34-18-6-2-7-19-34)49(40)32-51(44)58(54(43)52)50(41)31-48(39)55;1-45(2)34-14-7-5-12-26(34)30-22-38-32(20-36(30)45)42-28-18-16-24-10-9-11-25-17-19-29(41(28)40(24)25)43-33-21-37-31(23-39(33)47(38)44(42)43)27-13-6-8-15-35(27)46(37,3)4;1-43(2)35-15-9-7-13-26(35)30-22-39-32(20-37(30)43)33-19-29-25-12-6-5-11-24(25)17-18-28(29)41-34-21-38-31(23-40(34)45(39)42(33)41)27-14-8-10-16-36(27)44(38,3)4/h1-32H;5-23H,1-4H3;5-23H,1-4H3. The highest BCUT2D eigenvalue weighted by Crippen LogP contribution is 2.62. The highest BCUT2D eigenvalue weighted by atomic mass is 15.0. The molecular formula is C144H94N6. The zero-order valence-corrected chi connectivity index (χ0v) is 84.1. The van der Waals surface area contributed by atoms with Crippen molar-refractivity contribution in [2.24, 2.45) is 0 Å². The maximum atomic E-state index is 2.63. The van der Waals surface area contributed by atoms with Crippen LogP contribution >= 0.6 is 0 Å². The molecule has 0 atom stereocenters. The van der Waals surface area contributed by atoms with Crippen LogP contribution in [0.4, 0.5) is 0 Å². The lowest BCUT2D eigenvalue weighted by molar-refractivity contribution is 0.661. The first-order chi connectivity index (χ1) is 73.5. The predicted octanol–water partition coefficient (Wildman–Crippen LogP) is 38.2. The minimum atomic E-state index is -0.0563. The lowest BCUT2D eigenvalue weighted by Crippen LogP contribution is -2.14. The van der Waals surface area contributed by atoms with Crippen molar-refractivity contribution >= 4 is 234 Å². The van der Waals surface area contributed by atoms with Crippen LogP contribution in [-0.4, -0.2) is 26.9 Å². The Morgan fingerprint density at radius 1 is 0.133 bits per heavy atom. The van der Waals surface area contributed by atoms with Gasteiger partial charge in [-0.1, -0.05) is 341 Å². The van der Waals surface area contributed by atoms with Gasteiger partial charge in [0.25, 0.3) is 0 Å². The van der Waals surface area contributed by atoms with Crippen LogP contribution in [0.5, 0.6) is 0 Å². The molecule has 33 aromatic rings. The van der Waals surface area contributed by atoms with E-state index in [0.717, 1.165) is 17.1 Å². The van der Waals surface area contributed by atoms with Gasteiger partial charge in [-0.25, -0.2) is 0 Å². The lowest BCUT2D eigenvalue weighted by Gasteiger charge is -2.22. The maximum absolute atomic E-state index is 2.63. The van der Waals surface area contributed by atoms with Crippen molar-refractivity contribution in [3.63, 3.8) is 0 Å². The van der Waals surface area contributed by atoms with Crippen molar-refractivity contribution in [2.75, 3.05) is 0 Å². The fraction of sp³-hybridized carbons (Fsp3) is 0.0833. The fourth-order valence-electron chi connectivity index (χ4n) is 30.3. The second kappa shape index (κ2) is 28.1. The van der Waals surface area contributed by atoms with Gasteiger partial charge in [0.2, 0.25) is 0 Å². The molecule has 0 bridgehead atoms. The van der Waals surface area contributed by atoms with Crippen LogP contribution in [-0.2, 0) is 21.7 Å². The highest BCUT2D eigenvalue weighted by Gasteiger charge is 2.43. The largest absolute Gasteiger partial charge is 0.309 e. The Morgan fingerprint density at radius 2 is 0.427 bits per heavy atom. The molecule has 24 aromatic carbocycles. The Hall–Kier alpha value is -18.4. The van der Waals surface area contributed by atoms with Crippen molar-refractivity contribution in [3.05, 3.63) is 469 Å². The van der Waals surface area contributed by atoms with E-state index in [0.29, 0.717) is 0 Å². The quantitative estimate of drug-likeness (QED) is 0.158. The molecule has 0 saturated heterocycles. The van der Waals surface area contributed by atoms with E-state index in [2.05, 4.69) is 507 Å². The number of benzene rings is 24. The summed E-state index contributed by atoms with van der Waals surface area (Å²) < 4.78 is 15.2. The van der Waals surface area contributed by atoms with Crippen LogP contribution in [0.25, 0.3) is 295 Å². The van der Waals surface area contributed by atoms with Gasteiger partial charge in [-0.15, -0.1) is 0 Å². The molecule has 0 spiro atoms. The van der Waals surface area contributed by atoms with Gasteiger partial charge >= 0.3 is 0 Å². The SMILES string of the molecule is CC1(C)c2ccccc2-c2cc3c(cc21)c1c2ccc4cccc5ccc(c2c45)c2c4cc5c(cc4n3c12)-c1ccccc1C5(C)C.CC1(C)c2ccccc2-c2cc3c(cc21)c1cc2c4ccccc4ccc2c2c4cc5c(cc4n3c12)-c1ccccc1C5(C)C.c1ccc(-n2c3ccccc3c3cc4c5cc6c7ccccc7n(-c7ccccc7)c6c6c7cc8c9ccccc9n(-c9ccccc9)c8cc7n(c4cc32)c56)cc1. The van der Waals surface area contributed by atoms with E-state index < -0.39 is 0 Å². The molecule has 700 valence electrons. The van der Waals surface area contributed by atoms with E-state index in [1.54, 1.807) is 0 Å². The Labute approximate surface area is 861 Å². The molecule has 4 aliphatic carbocycles. The number of hydrogen-bond acceptors (Lipinski definition) is 0. The third-order valence-electron chi connectivity index (χ3n) is 36.9. The number of nitrogens with zero attached hydrogens (tertiary/aromatic N) is 6. The van der Waals surface area contributed by atoms with Gasteiger partial charge in [-0.3, -0.25) is 0 Å². The zero-order valence-electron chi connectivity index (χ0n) is 84.1. The molecule has 0 unspecified atom stereocenters. The zero-order chi connectivity index (χ0) is 98.8. The first kappa shape index (κ1) is 81.9. The van der Waals surface area contributed by atoms with Crippen LogP contribution in [0.2, 0.25) is 0 Å². The van der Waals surface area contributed by atoms with Gasteiger partial charge in [0.15, 0.2) is 0 Å². The summed E-state index contributed by atoms with van der Waals surface area (Å²) in [5, 5.41) is 37.1. The van der Waals surface area contributed by atoms with Gasteiger partial charge < -0.3 is 26.9 Å². The van der Waals surface area contributed by atoms with Crippen molar-refractivity contribution < 1.29 is 0 Å². The van der Waals surface area contributed by atoms with Crippen molar-refractivity contribution in [1.82, 2.24) is 26.9 Å². The number of hydrogen-bond donors (Lipinski definition) is 0. The van der Waals surface area contributed by atoms with E-state index in [9.17, 15) is 0 Å². The summed E-state index contributed by atoms with van der Waals surface area (Å²) in [6, 6.07) is 160. The predicted molar refractivity (Wildman–Crippen MR) is 635 cm³/mol. The molecule has 0 amide bonds. The van der Waals surface area contributed by atoms with Crippen molar-refractivity contribution in [1.29, 1.82) is 0 Å². The van der Waals surface area contributed by atoms with Gasteiger partial charge in [0.1, 0.15) is 0 Å². The molecule has 0 saturated carbocycles. The first-order valence-electron chi connectivity index (χ1n) is 53.2. The van der Waals surface area contributed by atoms with Crippen molar-refractivity contribution in [3.8, 4) is 61.6 Å². The molecule has 0 fully saturated rings. The van der Waals surface area contributed by atoms with E-state index in [1.807, 2.05) is 0 Å². The Kier molecular flexibility index (Phi) is 15.3. The van der Waals surface area contributed by atoms with Gasteiger partial charge in [-0.2, -0.15) is 0 Å². The lowest BCUT2D eigenvalue weighted by atomic mass is 9.81. The van der Waals surface area contributed by atoms with Crippen LogP contribution in [0.15, 0.2) is 425 Å². The summed E-state index contributed by atoms with van der Waals surface area (Å²) in [6.07, 6.45) is 0. The number of fused-ring (bicyclic) bond motifs is 46. The number of aromatic nitrogens is 6. The number of para-hydroxylation sites is 6. The summed E-state index contributed by atoms with van der Waals surface area (Å²) in [7, 11) is 0. The van der Waals surface area contributed by atoms with E-state index in [4.69, 9.17) is 0 Å². The Balaban J connectivity index is 0.0000000950. The van der Waals surface area contributed by atoms with E-state index in [-0.39, 0.29) is 21.7 Å². The second-order valence-electron chi connectivity index (χ2n) is 45.5. The molecule has 0 N–H and O–H groups in total. The first-order valence-corrected chi connectivity index (χ1v) is 53.2. The average molecular weight is 1910 g/mol. The number of rotatable bonds is 3. The normalized spacial score (nSPS) is 14.6. The molecule has 0 aliphatic heterocycles. The van der Waals surface area contributed by atoms with E-state index in [1.165, 1.54) is 323 Å². The maximum Gasteiger partial charge on any atom is 0.0642 e. The van der Waals surface area contributed by atoms with Gasteiger partial charge in [-0.05, 0) is 282 Å². The molecule has 37 rings (SSSR count). The van der Waals surface area contributed by atoms with Gasteiger partial charge in [0, 0.05) is 136 Å². The Morgan fingerprint density at radius 3 is 0.893 bits per heavy atom. The minimum absolute atomic E-state index is 0.0426. The third kappa shape index (κ3) is 10.0. The highest BCUT2D eigenvalue weighted by molar-refractivity contribution is 6.44. The smallest absolute Gasteiger partial charge is 0.0642 e. The molecule has 150 heavy (non-hydrogen) atoms. The molecule has 6 heteroatoms. The summed E-state index contributed by atoms with van der Waals surface area (Å²) >= 11 is 0. The van der Waals surface area contributed by atoms with Crippen LogP contribution < -0.4 is 0 Å². The topological polar surface area (TPSA) is 28.0 Å². The molecule has 0 radical (unpaired) electrons. The monoisotopic (exact) mass is 1910 g/mol. The molecule has 4 aliphatic rings. The van der Waals surface area contributed by atoms with Crippen LogP contribution in [0, 0.1) is 0 Å². The summed E-state index contributed by atoms with van der Waals surface area (Å²) in [4.78, 5) is 0. The second-order valence-corrected chi connectivity index (χ2v) is 45.5. The molecule has 9 aromatic heterocycles. The van der Waals surface area contributed by atoms with Crippen LogP contribution in [0.1, 0.15) is 99.9 Å². The Bertz CT molecular complexity index is 11800. The molecular weight excluding hydrogens is 1810 g/mol. The average Bonchev–Trinajstić information content (AvgIpc) is 1.50. The van der Waals surface area contributed by atoms with E-state index >= 15 is 0 Å². The van der Waals surface area contributed by atoms with Gasteiger partial charge in [0.05, 0.1) is 82.8 Å². The van der Waals surface area contributed by atoms with Crippen LogP contribution in [0.3, 0.4) is 0 Å². The third-order valence-corrected chi connectivity index (χ3v) is 36.9. The fourth-order valence-corrected chi connectivity index (χ4v) is 30.3. The molecule has 6 nitrogen and oxygen atoms in total. The minimum Gasteiger partial charge on any atom is -0.309 e. The summed E-state index contributed by atoms with van der Waals surface area (Å²) in [5.41, 5.74) is 44.6. The van der Waals surface area contributed by atoms with Crippen molar-refractivity contribution in [2.45, 2.75) is 77.0 Å². The summed E-state index contributed by atoms with van der Waals surface area (Å²) in [6.45, 7) is 19.2.